The zero-order valence-electron chi connectivity index (χ0n) is 23.8. The number of rotatable bonds is 13. The van der Waals surface area contributed by atoms with Gasteiger partial charge in [0.25, 0.3) is 11.8 Å². The molecule has 8 heteroatoms. The zero-order valence-corrected chi connectivity index (χ0v) is 24.6. The highest BCUT2D eigenvalue weighted by Gasteiger charge is 2.24. The fourth-order valence-electron chi connectivity index (χ4n) is 4.76. The van der Waals surface area contributed by atoms with E-state index in [1.807, 2.05) is 60.8 Å². The van der Waals surface area contributed by atoms with Crippen LogP contribution in [0.5, 0.6) is 0 Å². The van der Waals surface area contributed by atoms with E-state index in [-0.39, 0.29) is 17.9 Å². The van der Waals surface area contributed by atoms with Gasteiger partial charge in [0.15, 0.2) is 0 Å². The second-order valence-corrected chi connectivity index (χ2v) is 11.2. The van der Waals surface area contributed by atoms with Gasteiger partial charge in [-0.3, -0.25) is 9.59 Å². The maximum absolute atomic E-state index is 13.4. The highest BCUT2D eigenvalue weighted by Crippen LogP contribution is 2.17. The molecule has 0 bridgehead atoms. The van der Waals surface area contributed by atoms with Gasteiger partial charge in [-0.2, -0.15) is 0 Å². The molecule has 3 aromatic carbocycles. The summed E-state index contributed by atoms with van der Waals surface area (Å²) in [6.45, 7) is 4.73. The Hall–Kier alpha value is -3.85. The Morgan fingerprint density at radius 2 is 1.66 bits per heavy atom. The third kappa shape index (κ3) is 8.57. The molecule has 2 amide bonds. The van der Waals surface area contributed by atoms with Crippen molar-refractivity contribution in [3.63, 3.8) is 0 Å². The number of aromatic nitrogens is 1. The molecule has 41 heavy (non-hydrogen) atoms. The van der Waals surface area contributed by atoms with Gasteiger partial charge in [-0.25, -0.2) is 4.98 Å². The van der Waals surface area contributed by atoms with Crippen LogP contribution < -0.4 is 10.6 Å². The van der Waals surface area contributed by atoms with Crippen molar-refractivity contribution in [1.82, 2.24) is 20.5 Å². The SMILES string of the molecule is CCC(NCC(O)C(Cc1ccccc1)NC(=O)c1cccc(C(=O)N(C)Cc2nc(C)cs2)c1)c1ccccc1. The summed E-state index contributed by atoms with van der Waals surface area (Å²) < 4.78 is 0. The van der Waals surface area contributed by atoms with E-state index >= 15 is 0 Å². The van der Waals surface area contributed by atoms with Crippen molar-refractivity contribution in [3.05, 3.63) is 123 Å². The van der Waals surface area contributed by atoms with Gasteiger partial charge in [-0.15, -0.1) is 11.3 Å². The highest BCUT2D eigenvalue weighted by atomic mass is 32.1. The van der Waals surface area contributed by atoms with Gasteiger partial charge < -0.3 is 20.6 Å². The Morgan fingerprint density at radius 1 is 0.976 bits per heavy atom. The Balaban J connectivity index is 1.45. The summed E-state index contributed by atoms with van der Waals surface area (Å²) in [6, 6.07) is 26.2. The number of nitrogens with zero attached hydrogens (tertiary/aromatic N) is 2. The molecule has 214 valence electrons. The fourth-order valence-corrected chi connectivity index (χ4v) is 5.58. The average molecular weight is 571 g/mol. The standard InChI is InChI=1S/C33H38N4O3S/c1-4-28(25-14-9-6-10-15-25)34-20-30(38)29(18-24-12-7-5-8-13-24)36-32(39)26-16-11-17-27(19-26)33(40)37(3)21-31-35-23(2)22-41-31/h5-17,19,22,28-30,34,38H,4,18,20-21H2,1-3H3,(H,36,39). The van der Waals surface area contributed by atoms with Crippen LogP contribution in [0.15, 0.2) is 90.3 Å². The predicted molar refractivity (Wildman–Crippen MR) is 164 cm³/mol. The molecule has 0 aliphatic rings. The lowest BCUT2D eigenvalue weighted by Crippen LogP contribution is -2.49. The number of aliphatic hydroxyl groups is 1. The van der Waals surface area contributed by atoms with Crippen LogP contribution in [0.4, 0.5) is 0 Å². The molecule has 4 aromatic rings. The van der Waals surface area contributed by atoms with Gasteiger partial charge in [0.05, 0.1) is 18.7 Å². The molecule has 0 aliphatic carbocycles. The Bertz CT molecular complexity index is 1410. The molecule has 3 unspecified atom stereocenters. The number of aryl methyl sites for hydroxylation is 1. The van der Waals surface area contributed by atoms with Gasteiger partial charge in [0, 0.05) is 41.8 Å². The third-order valence-electron chi connectivity index (χ3n) is 7.02. The minimum absolute atomic E-state index is 0.0897. The molecule has 4 rings (SSSR count). The van der Waals surface area contributed by atoms with Crippen LogP contribution in [0, 0.1) is 6.92 Å². The zero-order chi connectivity index (χ0) is 29.2. The van der Waals surface area contributed by atoms with E-state index in [2.05, 4.69) is 34.7 Å². The Morgan fingerprint density at radius 3 is 2.32 bits per heavy atom. The van der Waals surface area contributed by atoms with E-state index < -0.39 is 12.1 Å². The molecule has 3 N–H and O–H groups in total. The lowest BCUT2D eigenvalue weighted by atomic mass is 9.99. The number of nitrogens with one attached hydrogen (secondary N) is 2. The van der Waals surface area contributed by atoms with Gasteiger partial charge in [-0.1, -0.05) is 73.7 Å². The quantitative estimate of drug-likeness (QED) is 0.206. The van der Waals surface area contributed by atoms with Crippen molar-refractivity contribution < 1.29 is 14.7 Å². The van der Waals surface area contributed by atoms with E-state index in [4.69, 9.17) is 0 Å². The first kappa shape index (κ1) is 30.1. The smallest absolute Gasteiger partial charge is 0.253 e. The molecule has 0 radical (unpaired) electrons. The van der Waals surface area contributed by atoms with Crippen molar-refractivity contribution >= 4 is 23.2 Å². The number of benzene rings is 3. The van der Waals surface area contributed by atoms with Gasteiger partial charge in [0.2, 0.25) is 0 Å². The maximum Gasteiger partial charge on any atom is 0.253 e. The van der Waals surface area contributed by atoms with E-state index in [0.717, 1.165) is 28.2 Å². The number of carbonyl (C=O) groups is 2. The molecular formula is C33H38N4O3S. The van der Waals surface area contributed by atoms with E-state index in [1.54, 1.807) is 36.2 Å². The number of thiazole rings is 1. The lowest BCUT2D eigenvalue weighted by Gasteiger charge is -2.27. The lowest BCUT2D eigenvalue weighted by molar-refractivity contribution is 0.0784. The van der Waals surface area contributed by atoms with Gasteiger partial charge >= 0.3 is 0 Å². The van der Waals surface area contributed by atoms with Crippen molar-refractivity contribution in [2.45, 2.75) is 51.4 Å². The summed E-state index contributed by atoms with van der Waals surface area (Å²) in [7, 11) is 1.73. The summed E-state index contributed by atoms with van der Waals surface area (Å²) in [5.74, 6) is -0.531. The Labute approximate surface area is 246 Å². The van der Waals surface area contributed by atoms with E-state index in [1.165, 1.54) is 11.3 Å². The van der Waals surface area contributed by atoms with Crippen LogP contribution in [0.1, 0.15) is 61.9 Å². The Kier molecular flexibility index (Phi) is 10.8. The molecule has 1 heterocycles. The van der Waals surface area contributed by atoms with Gasteiger partial charge in [-0.05, 0) is 49.1 Å². The number of carbonyl (C=O) groups excluding carboxylic acids is 2. The van der Waals surface area contributed by atoms with Crippen LogP contribution >= 0.6 is 11.3 Å². The van der Waals surface area contributed by atoms with E-state index in [0.29, 0.717) is 30.6 Å². The summed E-state index contributed by atoms with van der Waals surface area (Å²) in [4.78, 5) is 32.6. The first-order chi connectivity index (χ1) is 19.8. The fraction of sp³-hybridized carbons (Fsp3) is 0.303. The van der Waals surface area contributed by atoms with E-state index in [9.17, 15) is 14.7 Å². The van der Waals surface area contributed by atoms with Crippen LogP contribution in [0.2, 0.25) is 0 Å². The normalized spacial score (nSPS) is 13.3. The molecule has 0 fully saturated rings. The number of amides is 2. The maximum atomic E-state index is 13.4. The number of hydrogen-bond donors (Lipinski definition) is 3. The van der Waals surface area contributed by atoms with Crippen molar-refractivity contribution in [1.29, 1.82) is 0 Å². The second-order valence-electron chi connectivity index (χ2n) is 10.2. The molecule has 3 atom stereocenters. The first-order valence-corrected chi connectivity index (χ1v) is 14.8. The molecule has 0 spiro atoms. The molecule has 0 saturated heterocycles. The molecular weight excluding hydrogens is 532 g/mol. The van der Waals surface area contributed by atoms with Crippen molar-refractivity contribution in [2.75, 3.05) is 13.6 Å². The molecule has 0 aliphatic heterocycles. The van der Waals surface area contributed by atoms with Crippen LogP contribution in [-0.2, 0) is 13.0 Å². The summed E-state index contributed by atoms with van der Waals surface area (Å²) in [5.41, 5.74) is 3.88. The molecule has 1 aromatic heterocycles. The second kappa shape index (κ2) is 14.7. The van der Waals surface area contributed by atoms with Crippen molar-refractivity contribution in [3.8, 4) is 0 Å². The minimum Gasteiger partial charge on any atom is -0.390 e. The highest BCUT2D eigenvalue weighted by molar-refractivity contribution is 7.09. The van der Waals surface area contributed by atoms with Crippen LogP contribution in [0.25, 0.3) is 0 Å². The largest absolute Gasteiger partial charge is 0.390 e. The summed E-state index contributed by atoms with van der Waals surface area (Å²) in [6.07, 6.45) is 0.491. The van der Waals surface area contributed by atoms with Gasteiger partial charge in [0.1, 0.15) is 5.01 Å². The van der Waals surface area contributed by atoms with Crippen molar-refractivity contribution in [2.24, 2.45) is 0 Å². The predicted octanol–water partition coefficient (Wildman–Crippen LogP) is 5.17. The van der Waals surface area contributed by atoms with Crippen LogP contribution in [0.3, 0.4) is 0 Å². The number of aliphatic hydroxyl groups excluding tert-OH is 1. The first-order valence-electron chi connectivity index (χ1n) is 13.9. The summed E-state index contributed by atoms with van der Waals surface area (Å²) >= 11 is 1.52. The molecule has 0 saturated carbocycles. The summed E-state index contributed by atoms with van der Waals surface area (Å²) in [5, 5.41) is 20.6. The monoisotopic (exact) mass is 570 g/mol. The number of hydrogen-bond acceptors (Lipinski definition) is 6. The minimum atomic E-state index is -0.838. The molecule has 7 nitrogen and oxygen atoms in total. The third-order valence-corrected chi connectivity index (χ3v) is 7.97. The van der Waals surface area contributed by atoms with Crippen LogP contribution in [-0.4, -0.2) is 52.5 Å². The topological polar surface area (TPSA) is 94.6 Å². The average Bonchev–Trinajstić information content (AvgIpc) is 3.41.